The Kier molecular flexibility index (Phi) is 5.29. The molecule has 1 aromatic rings. The molecule has 0 aliphatic carbocycles. The Hall–Kier alpha value is -0.930. The third kappa shape index (κ3) is 4.39. The molecule has 1 aromatic carbocycles. The molecule has 0 spiro atoms. The van der Waals surface area contributed by atoms with Crippen molar-refractivity contribution in [1.82, 2.24) is 0 Å². The first-order valence-corrected chi connectivity index (χ1v) is 6.41. The van der Waals surface area contributed by atoms with Gasteiger partial charge in [-0.15, -0.1) is 0 Å². The largest absolute Gasteiger partial charge is 0.495 e. The molecule has 18 heavy (non-hydrogen) atoms. The Morgan fingerprint density at radius 3 is 2.50 bits per heavy atom. The second-order valence-electron chi connectivity index (χ2n) is 5.06. The van der Waals surface area contributed by atoms with Gasteiger partial charge >= 0.3 is 0 Å². The van der Waals surface area contributed by atoms with Crippen LogP contribution in [0, 0.1) is 0 Å². The molecular formula is C14H22ClNO2. The summed E-state index contributed by atoms with van der Waals surface area (Å²) in [6, 6.07) is 5.99. The number of anilines is 1. The average molecular weight is 272 g/mol. The maximum atomic E-state index is 6.08. The van der Waals surface area contributed by atoms with Crippen LogP contribution in [0.2, 0.25) is 5.02 Å². The summed E-state index contributed by atoms with van der Waals surface area (Å²) in [4.78, 5) is 0. The third-order valence-electron chi connectivity index (χ3n) is 2.92. The van der Waals surface area contributed by atoms with Gasteiger partial charge in [-0.2, -0.15) is 0 Å². The maximum Gasteiger partial charge on any atom is 0.137 e. The van der Waals surface area contributed by atoms with Crippen LogP contribution in [0.5, 0.6) is 5.75 Å². The zero-order chi connectivity index (χ0) is 13.8. The lowest BCUT2D eigenvalue weighted by molar-refractivity contribution is 0.0128. The lowest BCUT2D eigenvalue weighted by Gasteiger charge is -2.27. The zero-order valence-corrected chi connectivity index (χ0v) is 12.5. The number of ether oxygens (including phenoxy) is 2. The van der Waals surface area contributed by atoms with Crippen LogP contribution in [-0.4, -0.2) is 25.9 Å². The summed E-state index contributed by atoms with van der Waals surface area (Å²) >= 11 is 6.08. The highest BCUT2D eigenvalue weighted by Gasteiger charge is 2.20. The monoisotopic (exact) mass is 271 g/mol. The van der Waals surface area contributed by atoms with Gasteiger partial charge in [0, 0.05) is 18.8 Å². The number of benzene rings is 1. The molecule has 1 N–H and O–H groups in total. The van der Waals surface area contributed by atoms with Gasteiger partial charge in [-0.05, 0) is 45.4 Å². The van der Waals surface area contributed by atoms with Gasteiger partial charge in [0.25, 0.3) is 0 Å². The molecule has 3 nitrogen and oxygen atoms in total. The van der Waals surface area contributed by atoms with E-state index in [-0.39, 0.29) is 5.60 Å². The van der Waals surface area contributed by atoms with Crippen LogP contribution in [0.1, 0.15) is 27.2 Å². The molecular weight excluding hydrogens is 250 g/mol. The molecule has 0 fully saturated rings. The van der Waals surface area contributed by atoms with Gasteiger partial charge in [0.05, 0.1) is 17.7 Å². The fourth-order valence-electron chi connectivity index (χ4n) is 1.91. The van der Waals surface area contributed by atoms with Crippen molar-refractivity contribution in [3.63, 3.8) is 0 Å². The first-order valence-electron chi connectivity index (χ1n) is 6.03. The van der Waals surface area contributed by atoms with Crippen molar-refractivity contribution < 1.29 is 9.47 Å². The normalized spacial score (nSPS) is 13.2. The smallest absolute Gasteiger partial charge is 0.137 e. The second kappa shape index (κ2) is 6.30. The quantitative estimate of drug-likeness (QED) is 0.849. The molecule has 1 atom stereocenters. The van der Waals surface area contributed by atoms with Crippen LogP contribution in [0.25, 0.3) is 0 Å². The van der Waals surface area contributed by atoms with E-state index in [1.807, 2.05) is 18.2 Å². The molecule has 102 valence electrons. The molecule has 0 aromatic heterocycles. The molecule has 0 bridgehead atoms. The Balaban J connectivity index is 2.65. The Morgan fingerprint density at radius 2 is 2.00 bits per heavy atom. The van der Waals surface area contributed by atoms with E-state index in [9.17, 15) is 0 Å². The van der Waals surface area contributed by atoms with Crippen molar-refractivity contribution in [1.29, 1.82) is 0 Å². The summed E-state index contributed by atoms with van der Waals surface area (Å²) in [5.41, 5.74) is 0.850. The van der Waals surface area contributed by atoms with Gasteiger partial charge in [0.2, 0.25) is 0 Å². The van der Waals surface area contributed by atoms with E-state index in [1.165, 1.54) is 0 Å². The highest BCUT2D eigenvalue weighted by Crippen LogP contribution is 2.28. The maximum absolute atomic E-state index is 6.08. The first kappa shape index (κ1) is 15.1. The van der Waals surface area contributed by atoms with Crippen LogP contribution in [0.3, 0.4) is 0 Å². The van der Waals surface area contributed by atoms with Gasteiger partial charge in [-0.1, -0.05) is 11.6 Å². The zero-order valence-electron chi connectivity index (χ0n) is 11.7. The van der Waals surface area contributed by atoms with Gasteiger partial charge in [0.1, 0.15) is 5.75 Å². The molecule has 0 heterocycles. The van der Waals surface area contributed by atoms with E-state index in [4.69, 9.17) is 21.1 Å². The third-order valence-corrected chi connectivity index (χ3v) is 3.21. The second-order valence-corrected chi connectivity index (χ2v) is 5.47. The molecule has 0 radical (unpaired) electrons. The fraction of sp³-hybridized carbons (Fsp3) is 0.571. The van der Waals surface area contributed by atoms with Crippen molar-refractivity contribution >= 4 is 17.3 Å². The number of methoxy groups -OCH3 is 2. The number of rotatable bonds is 6. The highest BCUT2D eigenvalue weighted by molar-refractivity contribution is 6.32. The minimum Gasteiger partial charge on any atom is -0.495 e. The van der Waals surface area contributed by atoms with E-state index in [2.05, 4.69) is 26.1 Å². The van der Waals surface area contributed by atoms with Crippen LogP contribution in [0.4, 0.5) is 5.69 Å². The van der Waals surface area contributed by atoms with E-state index in [0.717, 1.165) is 12.1 Å². The van der Waals surface area contributed by atoms with Crippen molar-refractivity contribution in [2.24, 2.45) is 0 Å². The molecule has 1 unspecified atom stereocenters. The molecule has 4 heteroatoms. The van der Waals surface area contributed by atoms with Crippen molar-refractivity contribution in [3.05, 3.63) is 23.2 Å². The lowest BCUT2D eigenvalue weighted by Crippen LogP contribution is -2.31. The summed E-state index contributed by atoms with van der Waals surface area (Å²) in [6.45, 7) is 6.28. The van der Waals surface area contributed by atoms with E-state index >= 15 is 0 Å². The standard InChI is InChI=1S/C14H22ClNO2/c1-10(9-14(2,3)18-5)16-11-6-7-13(17-4)12(15)8-11/h6-8,10,16H,9H2,1-5H3. The topological polar surface area (TPSA) is 30.5 Å². The van der Waals surface area contributed by atoms with Crippen LogP contribution in [-0.2, 0) is 4.74 Å². The molecule has 0 aliphatic heterocycles. The van der Waals surface area contributed by atoms with Gasteiger partial charge in [-0.3, -0.25) is 0 Å². The molecule has 1 rings (SSSR count). The van der Waals surface area contributed by atoms with Crippen molar-refractivity contribution in [3.8, 4) is 5.75 Å². The van der Waals surface area contributed by atoms with E-state index in [1.54, 1.807) is 14.2 Å². The Morgan fingerprint density at radius 1 is 1.33 bits per heavy atom. The highest BCUT2D eigenvalue weighted by atomic mass is 35.5. The van der Waals surface area contributed by atoms with E-state index in [0.29, 0.717) is 16.8 Å². The SMILES string of the molecule is COc1ccc(NC(C)CC(C)(C)OC)cc1Cl. The van der Waals surface area contributed by atoms with Gasteiger partial charge in [0.15, 0.2) is 0 Å². The average Bonchev–Trinajstić information content (AvgIpc) is 2.28. The molecule has 0 saturated heterocycles. The van der Waals surface area contributed by atoms with Crippen LogP contribution >= 0.6 is 11.6 Å². The minimum absolute atomic E-state index is 0.136. The van der Waals surface area contributed by atoms with Crippen molar-refractivity contribution in [2.45, 2.75) is 38.8 Å². The fourth-order valence-corrected chi connectivity index (χ4v) is 2.17. The summed E-state index contributed by atoms with van der Waals surface area (Å²) in [5, 5.41) is 4.02. The molecule has 0 aliphatic rings. The van der Waals surface area contributed by atoms with Gasteiger partial charge in [-0.25, -0.2) is 0 Å². The predicted molar refractivity (Wildman–Crippen MR) is 76.8 cm³/mol. The Bertz CT molecular complexity index is 393. The van der Waals surface area contributed by atoms with Crippen molar-refractivity contribution in [2.75, 3.05) is 19.5 Å². The lowest BCUT2D eigenvalue weighted by atomic mass is 10.00. The number of nitrogens with one attached hydrogen (secondary N) is 1. The predicted octanol–water partition coefficient (Wildman–Crippen LogP) is 3.96. The number of halogens is 1. The summed E-state index contributed by atoms with van der Waals surface area (Å²) in [5.74, 6) is 0.687. The van der Waals surface area contributed by atoms with Crippen LogP contribution in [0.15, 0.2) is 18.2 Å². The molecule has 0 saturated carbocycles. The summed E-state index contributed by atoms with van der Waals surface area (Å²) < 4.78 is 10.5. The molecule has 0 amide bonds. The van der Waals surface area contributed by atoms with E-state index < -0.39 is 0 Å². The summed E-state index contributed by atoms with van der Waals surface area (Å²) in [7, 11) is 3.34. The minimum atomic E-state index is -0.136. The first-order chi connectivity index (χ1) is 8.38. The number of hydrogen-bond donors (Lipinski definition) is 1. The number of hydrogen-bond acceptors (Lipinski definition) is 3. The Labute approximate surface area is 114 Å². The summed E-state index contributed by atoms with van der Waals surface area (Å²) in [6.07, 6.45) is 0.910. The van der Waals surface area contributed by atoms with Gasteiger partial charge < -0.3 is 14.8 Å². The van der Waals surface area contributed by atoms with Crippen LogP contribution < -0.4 is 10.1 Å².